The second-order valence-electron chi connectivity index (χ2n) is 4.20. The number of halogens is 6. The van der Waals surface area contributed by atoms with Gasteiger partial charge in [-0.05, 0) is 18.2 Å². The van der Waals surface area contributed by atoms with Gasteiger partial charge in [-0.1, -0.05) is 0 Å². The average molecular weight is 346 g/mol. The number of thioether (sulfide) groups is 1. The van der Waals surface area contributed by atoms with Gasteiger partial charge in [-0.15, -0.1) is 0 Å². The van der Waals surface area contributed by atoms with Crippen LogP contribution in [0, 0.1) is 0 Å². The van der Waals surface area contributed by atoms with E-state index in [-0.39, 0.29) is 18.7 Å². The summed E-state index contributed by atoms with van der Waals surface area (Å²) < 4.78 is 73.7. The third-order valence-corrected chi connectivity index (χ3v) is 3.50. The Bertz CT molecular complexity index is 503. The molecule has 0 saturated carbocycles. The van der Waals surface area contributed by atoms with Gasteiger partial charge in [-0.3, -0.25) is 9.78 Å². The molecule has 3 nitrogen and oxygen atoms in total. The molecule has 0 aliphatic rings. The number of alkyl halides is 6. The van der Waals surface area contributed by atoms with Gasteiger partial charge in [0.15, 0.2) is 0 Å². The average Bonchev–Trinajstić information content (AvgIpc) is 2.40. The van der Waals surface area contributed by atoms with Crippen molar-refractivity contribution in [2.24, 2.45) is 0 Å². The summed E-state index contributed by atoms with van der Waals surface area (Å²) in [6.45, 7) is -0.0180. The van der Waals surface area contributed by atoms with Gasteiger partial charge < -0.3 is 5.32 Å². The lowest BCUT2D eigenvalue weighted by molar-refractivity contribution is -0.138. The SMILES string of the molecule is O=C(NCCCSCC(F)(F)F)c1cnccc1C(F)(F)F. The number of pyridine rings is 1. The smallest absolute Gasteiger partial charge is 0.352 e. The summed E-state index contributed by atoms with van der Waals surface area (Å²) in [6.07, 6.45) is -7.00. The second-order valence-corrected chi connectivity index (χ2v) is 5.30. The summed E-state index contributed by atoms with van der Waals surface area (Å²) in [4.78, 5) is 15.1. The molecule has 0 radical (unpaired) electrons. The van der Waals surface area contributed by atoms with Gasteiger partial charge in [0, 0.05) is 18.9 Å². The topological polar surface area (TPSA) is 42.0 Å². The Labute approximate surface area is 126 Å². The van der Waals surface area contributed by atoms with Gasteiger partial charge in [0.25, 0.3) is 5.91 Å². The fourth-order valence-electron chi connectivity index (χ4n) is 1.48. The van der Waals surface area contributed by atoms with E-state index in [4.69, 9.17) is 0 Å². The number of aromatic nitrogens is 1. The minimum Gasteiger partial charge on any atom is -0.352 e. The zero-order valence-corrected chi connectivity index (χ0v) is 11.9. The molecule has 1 aromatic rings. The van der Waals surface area contributed by atoms with E-state index in [0.717, 1.165) is 12.4 Å². The van der Waals surface area contributed by atoms with E-state index in [1.807, 2.05) is 0 Å². The highest BCUT2D eigenvalue weighted by atomic mass is 32.2. The molecule has 1 heterocycles. The third kappa shape index (κ3) is 6.54. The van der Waals surface area contributed by atoms with Crippen LogP contribution in [0.2, 0.25) is 0 Å². The van der Waals surface area contributed by atoms with Crippen LogP contribution in [0.25, 0.3) is 0 Å². The molecule has 0 fully saturated rings. The molecule has 1 N–H and O–H groups in total. The van der Waals surface area contributed by atoms with E-state index in [0.29, 0.717) is 17.8 Å². The standard InChI is InChI=1S/C12H12F6N2OS/c13-11(14,15)7-22-5-1-3-20-10(21)8-6-19-4-2-9(8)12(16,17)18/h2,4,6H,1,3,5,7H2,(H,20,21). The molecular formula is C12H12F6N2OS. The van der Waals surface area contributed by atoms with Crippen LogP contribution in [0.3, 0.4) is 0 Å². The van der Waals surface area contributed by atoms with Crippen molar-refractivity contribution in [1.29, 1.82) is 0 Å². The Morgan fingerprint density at radius 2 is 1.91 bits per heavy atom. The summed E-state index contributed by atoms with van der Waals surface area (Å²) >= 11 is 0.646. The second kappa shape index (κ2) is 7.70. The van der Waals surface area contributed by atoms with Crippen LogP contribution in [0.4, 0.5) is 26.3 Å². The van der Waals surface area contributed by atoms with Crippen LogP contribution in [-0.4, -0.2) is 35.1 Å². The summed E-state index contributed by atoms with van der Waals surface area (Å²) in [7, 11) is 0. The zero-order chi connectivity index (χ0) is 16.8. The van der Waals surface area contributed by atoms with E-state index in [2.05, 4.69) is 10.3 Å². The summed E-state index contributed by atoms with van der Waals surface area (Å²) in [5.41, 5.74) is -1.72. The summed E-state index contributed by atoms with van der Waals surface area (Å²) in [6, 6.07) is 0.689. The van der Waals surface area contributed by atoms with Gasteiger partial charge in [0.2, 0.25) is 0 Å². The molecule has 1 amide bonds. The monoisotopic (exact) mass is 346 g/mol. The first-order valence-electron chi connectivity index (χ1n) is 6.05. The van der Waals surface area contributed by atoms with Gasteiger partial charge in [-0.2, -0.15) is 38.1 Å². The molecule has 0 aliphatic heterocycles. The van der Waals surface area contributed by atoms with Crippen molar-refractivity contribution in [2.45, 2.75) is 18.8 Å². The summed E-state index contributed by atoms with van der Waals surface area (Å²) in [5.74, 6) is -1.82. The van der Waals surface area contributed by atoms with Gasteiger partial charge in [0.1, 0.15) is 0 Å². The highest BCUT2D eigenvalue weighted by molar-refractivity contribution is 7.99. The van der Waals surface area contributed by atoms with Crippen molar-refractivity contribution < 1.29 is 31.1 Å². The maximum Gasteiger partial charge on any atom is 0.417 e. The van der Waals surface area contributed by atoms with E-state index in [1.54, 1.807) is 0 Å². The molecule has 0 bridgehead atoms. The first-order valence-corrected chi connectivity index (χ1v) is 7.20. The van der Waals surface area contributed by atoms with Crippen LogP contribution < -0.4 is 5.32 Å². The molecule has 1 rings (SSSR count). The fourth-order valence-corrected chi connectivity index (χ4v) is 2.21. The molecule has 124 valence electrons. The van der Waals surface area contributed by atoms with Gasteiger partial charge >= 0.3 is 12.4 Å². The Morgan fingerprint density at radius 1 is 1.23 bits per heavy atom. The molecular weight excluding hydrogens is 334 g/mol. The highest BCUT2D eigenvalue weighted by Gasteiger charge is 2.35. The lowest BCUT2D eigenvalue weighted by atomic mass is 10.1. The van der Waals surface area contributed by atoms with E-state index >= 15 is 0 Å². The van der Waals surface area contributed by atoms with Gasteiger partial charge in [-0.25, -0.2) is 0 Å². The molecule has 10 heteroatoms. The largest absolute Gasteiger partial charge is 0.417 e. The number of hydrogen-bond acceptors (Lipinski definition) is 3. The van der Waals surface area contributed by atoms with E-state index in [1.165, 1.54) is 0 Å². The van der Waals surface area contributed by atoms with E-state index in [9.17, 15) is 31.1 Å². The number of carbonyl (C=O) groups is 1. The minimum absolute atomic E-state index is 0.0180. The molecule has 0 unspecified atom stereocenters. The Morgan fingerprint density at radius 3 is 2.50 bits per heavy atom. The number of nitrogens with zero attached hydrogens (tertiary/aromatic N) is 1. The van der Waals surface area contributed by atoms with Crippen molar-refractivity contribution in [3.8, 4) is 0 Å². The minimum atomic E-state index is -4.68. The van der Waals surface area contributed by atoms with Crippen LogP contribution in [-0.2, 0) is 6.18 Å². The molecule has 0 saturated heterocycles. The van der Waals surface area contributed by atoms with Crippen LogP contribution >= 0.6 is 11.8 Å². The third-order valence-electron chi connectivity index (χ3n) is 2.39. The predicted octanol–water partition coefficient (Wildman–Crippen LogP) is 3.52. The van der Waals surface area contributed by atoms with Crippen molar-refractivity contribution in [3.05, 3.63) is 29.6 Å². The molecule has 22 heavy (non-hydrogen) atoms. The lowest BCUT2D eigenvalue weighted by Gasteiger charge is -2.12. The van der Waals surface area contributed by atoms with Crippen molar-refractivity contribution in [2.75, 3.05) is 18.1 Å². The van der Waals surface area contributed by atoms with Crippen molar-refractivity contribution in [1.82, 2.24) is 10.3 Å². The summed E-state index contributed by atoms with van der Waals surface area (Å²) in [5, 5.41) is 2.24. The molecule has 0 aliphatic carbocycles. The molecule has 0 atom stereocenters. The van der Waals surface area contributed by atoms with Crippen molar-refractivity contribution in [3.63, 3.8) is 0 Å². The van der Waals surface area contributed by atoms with Crippen LogP contribution in [0.5, 0.6) is 0 Å². The maximum atomic E-state index is 12.7. The number of hydrogen-bond donors (Lipinski definition) is 1. The Balaban J connectivity index is 2.44. The quantitative estimate of drug-likeness (QED) is 0.633. The van der Waals surface area contributed by atoms with Crippen molar-refractivity contribution >= 4 is 17.7 Å². The van der Waals surface area contributed by atoms with E-state index < -0.39 is 35.1 Å². The zero-order valence-electron chi connectivity index (χ0n) is 11.1. The number of amides is 1. The highest BCUT2D eigenvalue weighted by Crippen LogP contribution is 2.31. The fraction of sp³-hybridized carbons (Fsp3) is 0.500. The van der Waals surface area contributed by atoms with Gasteiger partial charge in [0.05, 0.1) is 16.9 Å². The normalized spacial score (nSPS) is 12.3. The predicted molar refractivity (Wildman–Crippen MR) is 69.6 cm³/mol. The number of rotatable bonds is 6. The number of nitrogens with one attached hydrogen (secondary N) is 1. The maximum absolute atomic E-state index is 12.7. The molecule has 0 aromatic carbocycles. The molecule has 0 spiro atoms. The first-order chi connectivity index (χ1) is 10.1. The Hall–Kier alpha value is -1.45. The Kier molecular flexibility index (Phi) is 6.51. The number of carbonyl (C=O) groups excluding carboxylic acids is 1. The van der Waals surface area contributed by atoms with Crippen LogP contribution in [0.1, 0.15) is 22.3 Å². The first kappa shape index (κ1) is 18.6. The molecule has 1 aromatic heterocycles. The lowest BCUT2D eigenvalue weighted by Crippen LogP contribution is -2.27. The van der Waals surface area contributed by atoms with Crippen LogP contribution in [0.15, 0.2) is 18.5 Å².